The second-order valence-electron chi connectivity index (χ2n) is 12.2. The molecule has 0 bridgehead atoms. The Hall–Kier alpha value is -2.28. The van der Waals surface area contributed by atoms with E-state index in [1.807, 2.05) is 0 Å². The summed E-state index contributed by atoms with van der Waals surface area (Å²) in [5.74, 6) is 2.74. The maximum Gasteiger partial charge on any atom is 0.126 e. The van der Waals surface area contributed by atoms with Gasteiger partial charge in [-0.3, -0.25) is 0 Å². The Bertz CT molecular complexity index is 1010. The first kappa shape index (κ1) is 22.9. The predicted molar refractivity (Wildman–Crippen MR) is 138 cm³/mol. The largest absolute Gasteiger partial charge is 0.507 e. The van der Waals surface area contributed by atoms with Crippen LogP contribution in [0.1, 0.15) is 72.1 Å². The fourth-order valence-electron chi connectivity index (χ4n) is 6.04. The normalized spacial score (nSPS) is 28.6. The smallest absolute Gasteiger partial charge is 0.126 e. The summed E-state index contributed by atoms with van der Waals surface area (Å²) in [7, 11) is 0. The molecule has 4 unspecified atom stereocenters. The minimum atomic E-state index is -0.130. The monoisotopic (exact) mass is 428 g/mol. The van der Waals surface area contributed by atoms with Crippen LogP contribution in [0.5, 0.6) is 5.75 Å². The average molecular weight is 429 g/mol. The van der Waals surface area contributed by atoms with Gasteiger partial charge < -0.3 is 5.11 Å². The van der Waals surface area contributed by atoms with E-state index in [4.69, 9.17) is 0 Å². The highest BCUT2D eigenvalue weighted by molar-refractivity contribution is 5.78. The first-order valence-electron chi connectivity index (χ1n) is 12.2. The van der Waals surface area contributed by atoms with Gasteiger partial charge >= 0.3 is 0 Å². The summed E-state index contributed by atoms with van der Waals surface area (Å²) in [5, 5.41) is 11.7. The van der Waals surface area contributed by atoms with E-state index in [-0.39, 0.29) is 10.8 Å². The Morgan fingerprint density at radius 3 is 1.56 bits per heavy atom. The summed E-state index contributed by atoms with van der Waals surface area (Å²) in [6, 6.07) is 4.51. The number of allylic oxidation sites excluding steroid dienone is 10. The van der Waals surface area contributed by atoms with Crippen molar-refractivity contribution in [2.45, 2.75) is 66.2 Å². The van der Waals surface area contributed by atoms with Crippen LogP contribution < -0.4 is 0 Å². The van der Waals surface area contributed by atoms with E-state index in [9.17, 15) is 5.11 Å². The fourth-order valence-corrected chi connectivity index (χ4v) is 6.04. The summed E-state index contributed by atoms with van der Waals surface area (Å²) in [5.41, 5.74) is 5.90. The molecule has 4 rings (SSSR count). The maximum atomic E-state index is 11.7. The highest BCUT2D eigenvalue weighted by atomic mass is 16.3. The molecule has 1 heteroatoms. The quantitative estimate of drug-likeness (QED) is 0.504. The standard InChI is InChI=1S/C31H40O/c1-19(2)27(25-17-20(30(3,4)5)18-26(29(25)32)31(6,7)8)28-23-15-11-9-13-21(23)22-14-10-12-16-24(22)28/h9-18,21-24,28,32H,1-8H3. The van der Waals surface area contributed by atoms with Gasteiger partial charge in [0.05, 0.1) is 0 Å². The summed E-state index contributed by atoms with van der Waals surface area (Å²) < 4.78 is 0. The van der Waals surface area contributed by atoms with Crippen LogP contribution in [0, 0.1) is 29.6 Å². The molecule has 1 nitrogen and oxygen atoms in total. The lowest BCUT2D eigenvalue weighted by atomic mass is 9.72. The molecule has 0 spiro atoms. The van der Waals surface area contributed by atoms with Crippen molar-refractivity contribution in [1.29, 1.82) is 0 Å². The van der Waals surface area contributed by atoms with Gasteiger partial charge in [0.2, 0.25) is 0 Å². The van der Waals surface area contributed by atoms with E-state index in [0.29, 0.717) is 35.3 Å². The molecule has 0 saturated heterocycles. The summed E-state index contributed by atoms with van der Waals surface area (Å²) in [4.78, 5) is 0. The second-order valence-corrected chi connectivity index (χ2v) is 12.2. The topological polar surface area (TPSA) is 20.2 Å². The third kappa shape index (κ3) is 3.85. The Labute approximate surface area is 195 Å². The number of phenols is 1. The summed E-state index contributed by atoms with van der Waals surface area (Å²) in [6.45, 7) is 17.8. The maximum absolute atomic E-state index is 11.7. The number of rotatable bonds is 2. The van der Waals surface area contributed by atoms with Crippen molar-refractivity contribution >= 4 is 5.57 Å². The highest BCUT2D eigenvalue weighted by Crippen LogP contribution is 2.57. The van der Waals surface area contributed by atoms with E-state index in [1.54, 1.807) is 0 Å². The third-order valence-corrected chi connectivity index (χ3v) is 7.66. The number of hydrogen-bond acceptors (Lipinski definition) is 1. The zero-order chi connectivity index (χ0) is 23.4. The summed E-state index contributed by atoms with van der Waals surface area (Å²) in [6.07, 6.45) is 18.5. The van der Waals surface area contributed by atoms with Crippen molar-refractivity contribution in [2.75, 3.05) is 0 Å². The van der Waals surface area contributed by atoms with Gasteiger partial charge in [-0.1, -0.05) is 102 Å². The van der Waals surface area contributed by atoms with Gasteiger partial charge in [-0.2, -0.15) is 0 Å². The molecule has 1 saturated carbocycles. The molecule has 4 atom stereocenters. The average Bonchev–Trinajstić information content (AvgIpc) is 3.02. The van der Waals surface area contributed by atoms with Crippen molar-refractivity contribution < 1.29 is 5.11 Å². The molecule has 3 aliphatic rings. The molecule has 3 aliphatic carbocycles. The SMILES string of the molecule is CC(C)=C(c1cc(C(C)(C)C)cc(C(C)(C)C)c1O)C1C2C=CC=CC2C2C=CC=CC21. The van der Waals surface area contributed by atoms with Gasteiger partial charge in [-0.05, 0) is 71.5 Å². The molecule has 1 aromatic carbocycles. The molecule has 170 valence electrons. The van der Waals surface area contributed by atoms with Gasteiger partial charge in [0.1, 0.15) is 5.75 Å². The number of phenolic OH excluding ortho intramolecular Hbond substituents is 1. The van der Waals surface area contributed by atoms with E-state index in [0.717, 1.165) is 11.1 Å². The fraction of sp³-hybridized carbons (Fsp3) is 0.484. The van der Waals surface area contributed by atoms with Gasteiger partial charge in [-0.15, -0.1) is 0 Å². The minimum Gasteiger partial charge on any atom is -0.507 e. The lowest BCUT2D eigenvalue weighted by molar-refractivity contribution is 0.436. The Morgan fingerprint density at radius 1 is 0.688 bits per heavy atom. The van der Waals surface area contributed by atoms with E-state index in [1.165, 1.54) is 16.7 Å². The van der Waals surface area contributed by atoms with Crippen molar-refractivity contribution in [1.82, 2.24) is 0 Å². The number of aromatic hydroxyl groups is 1. The molecule has 1 N–H and O–H groups in total. The predicted octanol–water partition coefficient (Wildman–Crippen LogP) is 8.13. The van der Waals surface area contributed by atoms with Crippen LogP contribution in [0.25, 0.3) is 5.57 Å². The summed E-state index contributed by atoms with van der Waals surface area (Å²) >= 11 is 0. The number of benzene rings is 1. The molecular weight excluding hydrogens is 388 g/mol. The van der Waals surface area contributed by atoms with Crippen LogP contribution in [-0.2, 0) is 10.8 Å². The molecule has 1 fully saturated rings. The zero-order valence-corrected chi connectivity index (χ0v) is 21.1. The molecule has 0 heterocycles. The molecule has 0 radical (unpaired) electrons. The van der Waals surface area contributed by atoms with E-state index >= 15 is 0 Å². The van der Waals surface area contributed by atoms with E-state index in [2.05, 4.69) is 116 Å². The van der Waals surface area contributed by atoms with Gasteiger partial charge in [0.25, 0.3) is 0 Å². The van der Waals surface area contributed by atoms with Gasteiger partial charge in [-0.25, -0.2) is 0 Å². The van der Waals surface area contributed by atoms with Crippen LogP contribution in [-0.4, -0.2) is 5.11 Å². The molecule has 0 aliphatic heterocycles. The zero-order valence-electron chi connectivity index (χ0n) is 21.1. The Morgan fingerprint density at radius 2 is 1.16 bits per heavy atom. The number of fused-ring (bicyclic) bond motifs is 3. The van der Waals surface area contributed by atoms with Crippen LogP contribution in [0.15, 0.2) is 66.3 Å². The van der Waals surface area contributed by atoms with Crippen LogP contribution in [0.2, 0.25) is 0 Å². The van der Waals surface area contributed by atoms with Crippen molar-refractivity contribution in [2.24, 2.45) is 29.6 Å². The van der Waals surface area contributed by atoms with E-state index < -0.39 is 0 Å². The second kappa shape index (κ2) is 7.94. The van der Waals surface area contributed by atoms with Gasteiger partial charge in [0.15, 0.2) is 0 Å². The van der Waals surface area contributed by atoms with Crippen molar-refractivity contribution in [3.8, 4) is 5.75 Å². The van der Waals surface area contributed by atoms with Crippen LogP contribution in [0.3, 0.4) is 0 Å². The first-order valence-corrected chi connectivity index (χ1v) is 12.2. The lowest BCUT2D eigenvalue weighted by Gasteiger charge is -2.33. The Balaban J connectivity index is 1.96. The van der Waals surface area contributed by atoms with Crippen molar-refractivity contribution in [3.05, 3.63) is 83.0 Å². The molecule has 0 aromatic heterocycles. The third-order valence-electron chi connectivity index (χ3n) is 7.66. The van der Waals surface area contributed by atoms with Crippen molar-refractivity contribution in [3.63, 3.8) is 0 Å². The first-order chi connectivity index (χ1) is 14.9. The van der Waals surface area contributed by atoms with Gasteiger partial charge in [0, 0.05) is 11.1 Å². The Kier molecular flexibility index (Phi) is 5.68. The van der Waals surface area contributed by atoms with Crippen LogP contribution >= 0.6 is 0 Å². The molecular formula is C31H40O. The molecule has 1 aromatic rings. The molecule has 32 heavy (non-hydrogen) atoms. The molecule has 0 amide bonds. The van der Waals surface area contributed by atoms with Crippen LogP contribution in [0.4, 0.5) is 0 Å². The minimum absolute atomic E-state index is 0.0108. The highest BCUT2D eigenvalue weighted by Gasteiger charge is 2.49. The lowest BCUT2D eigenvalue weighted by Crippen LogP contribution is -2.21. The number of hydrogen-bond donors (Lipinski definition) is 1.